The number of carbonyl (C=O) groups excluding carboxylic acids is 1. The van der Waals surface area contributed by atoms with E-state index >= 15 is 0 Å². The Morgan fingerprint density at radius 1 is 1.39 bits per heavy atom. The lowest BCUT2D eigenvalue weighted by Crippen LogP contribution is -2.12. The molecule has 94 valence electrons. The maximum atomic E-state index is 12.0. The van der Waals surface area contributed by atoms with Crippen LogP contribution in [0.1, 0.15) is 24.2 Å². The maximum absolute atomic E-state index is 12.0. The van der Waals surface area contributed by atoms with Gasteiger partial charge in [-0.2, -0.15) is 0 Å². The first-order chi connectivity index (χ1) is 8.58. The van der Waals surface area contributed by atoms with E-state index in [1.54, 1.807) is 17.5 Å². The van der Waals surface area contributed by atoms with E-state index in [4.69, 9.17) is 21.4 Å². The fourth-order valence-corrected chi connectivity index (χ4v) is 2.26. The van der Waals surface area contributed by atoms with E-state index in [9.17, 15) is 4.79 Å². The highest BCUT2D eigenvalue weighted by atomic mass is 32.1. The molecule has 0 fully saturated rings. The third-order valence-electron chi connectivity index (χ3n) is 2.21. The van der Waals surface area contributed by atoms with Gasteiger partial charge in [0.05, 0.1) is 11.7 Å². The van der Waals surface area contributed by atoms with Gasteiger partial charge in [-0.3, -0.25) is 0 Å². The first-order valence-corrected chi connectivity index (χ1v) is 6.75. The van der Waals surface area contributed by atoms with Crippen LogP contribution in [-0.4, -0.2) is 12.1 Å². The van der Waals surface area contributed by atoms with Crippen LogP contribution in [0.4, 0.5) is 0 Å². The number of hydrogen-bond donors (Lipinski definition) is 0. The van der Waals surface area contributed by atoms with E-state index in [-0.39, 0.29) is 12.1 Å². The summed E-state index contributed by atoms with van der Waals surface area (Å²) in [6.07, 6.45) is -0.153. The fourth-order valence-electron chi connectivity index (χ4n) is 1.51. The van der Waals surface area contributed by atoms with Crippen LogP contribution < -0.4 is 0 Å². The van der Waals surface area contributed by atoms with Crippen LogP contribution in [0.3, 0.4) is 0 Å². The summed E-state index contributed by atoms with van der Waals surface area (Å²) in [7, 11) is 0. The highest BCUT2D eigenvalue weighted by Gasteiger charge is 2.16. The lowest BCUT2D eigenvalue weighted by Gasteiger charge is -2.10. The molecule has 2 rings (SSSR count). The minimum atomic E-state index is -0.354. The molecule has 0 aliphatic carbocycles. The van der Waals surface area contributed by atoms with E-state index in [0.717, 1.165) is 0 Å². The van der Waals surface area contributed by atoms with Crippen LogP contribution in [0.15, 0.2) is 34.1 Å². The Labute approximate surface area is 114 Å². The van der Waals surface area contributed by atoms with Gasteiger partial charge >= 0.3 is 5.97 Å². The predicted octanol–water partition coefficient (Wildman–Crippen LogP) is 4.30. The topological polar surface area (TPSA) is 39.4 Å². The number of benzene rings is 1. The molecule has 0 unspecified atom stereocenters. The molecule has 1 aromatic carbocycles. The Morgan fingerprint density at radius 2 is 2.11 bits per heavy atom. The summed E-state index contributed by atoms with van der Waals surface area (Å²) >= 11 is 6.28. The normalized spacial score (nSPS) is 10.6. The second kappa shape index (κ2) is 5.46. The Kier molecular flexibility index (Phi) is 3.93. The molecule has 1 aromatic heterocycles. The smallest absolute Gasteiger partial charge is 0.339 e. The van der Waals surface area contributed by atoms with Gasteiger partial charge in [0.2, 0.25) is 4.02 Å². The van der Waals surface area contributed by atoms with E-state index in [0.29, 0.717) is 20.9 Å². The third-order valence-corrected chi connectivity index (χ3v) is 3.19. The Bertz CT molecular complexity index is 610. The molecule has 0 aliphatic rings. The first kappa shape index (κ1) is 13.0. The average Bonchev–Trinajstić information content (AvgIpc) is 2.75. The predicted molar refractivity (Wildman–Crippen MR) is 73.4 cm³/mol. The van der Waals surface area contributed by atoms with Gasteiger partial charge in [0, 0.05) is 10.9 Å². The Hall–Kier alpha value is -1.46. The summed E-state index contributed by atoms with van der Waals surface area (Å²) in [4.78, 5) is 12.0. The van der Waals surface area contributed by atoms with Gasteiger partial charge in [0.15, 0.2) is 0 Å². The summed E-state index contributed by atoms with van der Waals surface area (Å²) in [5.74, 6) is 0.245. The minimum Gasteiger partial charge on any atom is -0.459 e. The van der Waals surface area contributed by atoms with Crippen LogP contribution in [0, 0.1) is 4.02 Å². The first-order valence-electron chi connectivity index (χ1n) is 5.47. The van der Waals surface area contributed by atoms with Crippen LogP contribution in [0.25, 0.3) is 11.3 Å². The molecule has 3 nitrogen and oxygen atoms in total. The van der Waals surface area contributed by atoms with Crippen molar-refractivity contribution in [3.8, 4) is 11.3 Å². The van der Waals surface area contributed by atoms with Crippen LogP contribution >= 0.6 is 23.6 Å². The highest BCUT2D eigenvalue weighted by molar-refractivity contribution is 7.73. The van der Waals surface area contributed by atoms with Crippen molar-refractivity contribution < 1.29 is 13.9 Å². The molecule has 0 aliphatic heterocycles. The van der Waals surface area contributed by atoms with Gasteiger partial charge in [0.25, 0.3) is 0 Å². The standard InChI is InChI=1S/C13H12O3S2/c1-8(2)15-12(14)10-6-4-3-5-9(10)11-7-18-13(17)16-11/h3-8H,1-2H3. The van der Waals surface area contributed by atoms with Gasteiger partial charge in [-0.1, -0.05) is 29.5 Å². The van der Waals surface area contributed by atoms with E-state index in [2.05, 4.69) is 0 Å². The second-order valence-corrected chi connectivity index (χ2v) is 5.42. The summed E-state index contributed by atoms with van der Waals surface area (Å²) in [5, 5.41) is 1.80. The largest absolute Gasteiger partial charge is 0.459 e. The highest BCUT2D eigenvalue weighted by Crippen LogP contribution is 2.27. The molecule has 0 N–H and O–H groups in total. The van der Waals surface area contributed by atoms with E-state index < -0.39 is 0 Å². The van der Waals surface area contributed by atoms with Crippen LogP contribution in [0.2, 0.25) is 0 Å². The van der Waals surface area contributed by atoms with Crippen molar-refractivity contribution in [1.82, 2.24) is 0 Å². The van der Waals surface area contributed by atoms with Gasteiger partial charge in [-0.15, -0.1) is 0 Å². The van der Waals surface area contributed by atoms with E-state index in [1.807, 2.05) is 26.0 Å². The monoisotopic (exact) mass is 280 g/mol. The van der Waals surface area contributed by atoms with Crippen LogP contribution in [0.5, 0.6) is 0 Å². The Morgan fingerprint density at radius 3 is 2.72 bits per heavy atom. The molecule has 2 aromatic rings. The lowest BCUT2D eigenvalue weighted by atomic mass is 10.1. The lowest BCUT2D eigenvalue weighted by molar-refractivity contribution is 0.0378. The molecular formula is C13H12O3S2. The summed E-state index contributed by atoms with van der Waals surface area (Å²) in [6, 6.07) is 7.17. The van der Waals surface area contributed by atoms with Gasteiger partial charge in [-0.25, -0.2) is 4.79 Å². The molecule has 0 atom stereocenters. The molecule has 5 heteroatoms. The summed E-state index contributed by atoms with van der Waals surface area (Å²) in [5.41, 5.74) is 1.19. The summed E-state index contributed by atoms with van der Waals surface area (Å²) < 4.78 is 11.0. The molecule has 1 heterocycles. The molecule has 18 heavy (non-hydrogen) atoms. The van der Waals surface area contributed by atoms with Crippen molar-refractivity contribution >= 4 is 29.5 Å². The Balaban J connectivity index is 2.43. The number of rotatable bonds is 3. The maximum Gasteiger partial charge on any atom is 0.339 e. The van der Waals surface area contributed by atoms with Crippen molar-refractivity contribution in [2.75, 3.05) is 0 Å². The van der Waals surface area contributed by atoms with Gasteiger partial charge < -0.3 is 9.15 Å². The van der Waals surface area contributed by atoms with E-state index in [1.165, 1.54) is 11.3 Å². The van der Waals surface area contributed by atoms with Crippen molar-refractivity contribution in [2.24, 2.45) is 0 Å². The zero-order chi connectivity index (χ0) is 13.1. The van der Waals surface area contributed by atoms with Crippen molar-refractivity contribution in [3.63, 3.8) is 0 Å². The molecule has 0 spiro atoms. The number of ether oxygens (including phenoxy) is 1. The molecule has 0 saturated carbocycles. The van der Waals surface area contributed by atoms with Crippen molar-refractivity contribution in [2.45, 2.75) is 20.0 Å². The zero-order valence-corrected chi connectivity index (χ0v) is 11.6. The quantitative estimate of drug-likeness (QED) is 0.620. The number of carbonyl (C=O) groups is 1. The fraction of sp³-hybridized carbons (Fsp3) is 0.231. The number of esters is 1. The zero-order valence-electron chi connectivity index (χ0n) is 10.0. The molecule has 0 radical (unpaired) electrons. The molecule has 0 bridgehead atoms. The van der Waals surface area contributed by atoms with Crippen molar-refractivity contribution in [1.29, 1.82) is 0 Å². The van der Waals surface area contributed by atoms with Gasteiger partial charge in [0.1, 0.15) is 5.76 Å². The van der Waals surface area contributed by atoms with Crippen molar-refractivity contribution in [3.05, 3.63) is 39.2 Å². The SMILES string of the molecule is CC(C)OC(=O)c1ccccc1-c1csc(=S)o1. The van der Waals surface area contributed by atoms with Crippen LogP contribution in [-0.2, 0) is 4.74 Å². The molecule has 0 amide bonds. The molecular weight excluding hydrogens is 268 g/mol. The second-order valence-electron chi connectivity index (χ2n) is 3.95. The third kappa shape index (κ3) is 2.86. The minimum absolute atomic E-state index is 0.153. The number of hydrogen-bond acceptors (Lipinski definition) is 5. The van der Waals surface area contributed by atoms with Gasteiger partial charge in [-0.05, 0) is 32.1 Å². The summed E-state index contributed by atoms with van der Waals surface area (Å²) in [6.45, 7) is 3.63. The molecule has 0 saturated heterocycles. The average molecular weight is 280 g/mol.